The smallest absolute Gasteiger partial charge is 0.241 e. The third kappa shape index (κ3) is 6.48. The van der Waals surface area contributed by atoms with Crippen molar-refractivity contribution < 1.29 is 18.7 Å². The Morgan fingerprint density at radius 3 is 2.44 bits per heavy atom. The van der Waals surface area contributed by atoms with E-state index in [1.54, 1.807) is 12.3 Å². The largest absolute Gasteiger partial charge is 0.489 e. The Hall–Kier alpha value is -3.58. The standard InChI is InChI=1S/C27H31N3O4/c1-20(30-15-13-22(14-16-30)27(32)28-18-25-8-5-17-33-25)26(31)29-23-9-11-24(12-10-23)34-19-21-6-3-2-4-7-21/h2-12,17,20,22H,13-16,18-19H2,1H3,(H,28,32)(H,29,31). The van der Waals surface area contributed by atoms with Crippen molar-refractivity contribution in [1.29, 1.82) is 0 Å². The van der Waals surface area contributed by atoms with Crippen molar-refractivity contribution >= 4 is 17.5 Å². The van der Waals surface area contributed by atoms with Gasteiger partial charge >= 0.3 is 0 Å². The second kappa shape index (κ2) is 11.5. The predicted octanol–water partition coefficient (Wildman–Crippen LogP) is 4.21. The van der Waals surface area contributed by atoms with Gasteiger partial charge in [-0.15, -0.1) is 0 Å². The topological polar surface area (TPSA) is 83.8 Å². The highest BCUT2D eigenvalue weighted by Gasteiger charge is 2.29. The first-order valence-corrected chi connectivity index (χ1v) is 11.7. The molecule has 0 bridgehead atoms. The lowest BCUT2D eigenvalue weighted by Gasteiger charge is -2.34. The number of furan rings is 1. The quantitative estimate of drug-likeness (QED) is 0.499. The van der Waals surface area contributed by atoms with Crippen molar-refractivity contribution in [3.8, 4) is 5.75 Å². The van der Waals surface area contributed by atoms with Crippen LogP contribution in [0.4, 0.5) is 5.69 Å². The van der Waals surface area contributed by atoms with E-state index in [1.165, 1.54) is 0 Å². The molecule has 7 heteroatoms. The monoisotopic (exact) mass is 461 g/mol. The second-order valence-corrected chi connectivity index (χ2v) is 8.57. The fraction of sp³-hybridized carbons (Fsp3) is 0.333. The van der Waals surface area contributed by atoms with Gasteiger partial charge in [-0.1, -0.05) is 30.3 Å². The molecule has 7 nitrogen and oxygen atoms in total. The summed E-state index contributed by atoms with van der Waals surface area (Å²) >= 11 is 0. The molecule has 1 aliphatic rings. The number of carbonyl (C=O) groups excluding carboxylic acids is 2. The van der Waals surface area contributed by atoms with Crippen LogP contribution in [-0.2, 0) is 22.7 Å². The van der Waals surface area contributed by atoms with E-state index in [4.69, 9.17) is 9.15 Å². The van der Waals surface area contributed by atoms with Gasteiger partial charge in [-0.2, -0.15) is 0 Å². The number of anilines is 1. The molecule has 2 amide bonds. The molecule has 0 saturated carbocycles. The molecule has 1 fully saturated rings. The van der Waals surface area contributed by atoms with Crippen LogP contribution in [0.25, 0.3) is 0 Å². The van der Waals surface area contributed by atoms with E-state index in [0.717, 1.165) is 35.6 Å². The van der Waals surface area contributed by atoms with E-state index in [-0.39, 0.29) is 23.8 Å². The number of ether oxygens (including phenoxy) is 1. The number of nitrogens with zero attached hydrogens (tertiary/aromatic N) is 1. The maximum atomic E-state index is 12.8. The number of amides is 2. The normalized spacial score (nSPS) is 15.4. The summed E-state index contributed by atoms with van der Waals surface area (Å²) in [6.07, 6.45) is 3.06. The highest BCUT2D eigenvalue weighted by atomic mass is 16.5. The van der Waals surface area contributed by atoms with Gasteiger partial charge in [-0.3, -0.25) is 14.5 Å². The van der Waals surface area contributed by atoms with Crippen LogP contribution in [-0.4, -0.2) is 35.8 Å². The molecule has 1 aliphatic heterocycles. The molecule has 1 unspecified atom stereocenters. The molecule has 0 radical (unpaired) electrons. The maximum absolute atomic E-state index is 12.8. The van der Waals surface area contributed by atoms with E-state index in [9.17, 15) is 9.59 Å². The Labute approximate surface area is 200 Å². The molecule has 3 aromatic rings. The first kappa shape index (κ1) is 23.6. The SMILES string of the molecule is CC(C(=O)Nc1ccc(OCc2ccccc2)cc1)N1CCC(C(=O)NCc2ccco2)CC1. The number of hydrogen-bond donors (Lipinski definition) is 2. The van der Waals surface area contributed by atoms with Crippen LogP contribution in [0.2, 0.25) is 0 Å². The lowest BCUT2D eigenvalue weighted by Crippen LogP contribution is -2.48. The molecule has 1 aromatic heterocycles. The van der Waals surface area contributed by atoms with Crippen molar-refractivity contribution in [2.24, 2.45) is 5.92 Å². The van der Waals surface area contributed by atoms with Gasteiger partial charge in [0.2, 0.25) is 11.8 Å². The van der Waals surface area contributed by atoms with Crippen LogP contribution in [0.5, 0.6) is 5.75 Å². The Kier molecular flexibility index (Phi) is 7.99. The summed E-state index contributed by atoms with van der Waals surface area (Å²) in [5.41, 5.74) is 1.84. The van der Waals surface area contributed by atoms with Gasteiger partial charge in [0.15, 0.2) is 0 Å². The molecule has 0 aliphatic carbocycles. The third-order valence-electron chi connectivity index (χ3n) is 6.21. The summed E-state index contributed by atoms with van der Waals surface area (Å²) in [5.74, 6) is 1.44. The van der Waals surface area contributed by atoms with Crippen molar-refractivity contribution in [3.63, 3.8) is 0 Å². The number of carbonyl (C=O) groups is 2. The average molecular weight is 462 g/mol. The van der Waals surface area contributed by atoms with E-state index < -0.39 is 0 Å². The van der Waals surface area contributed by atoms with Crippen LogP contribution >= 0.6 is 0 Å². The number of rotatable bonds is 9. The number of nitrogens with one attached hydrogen (secondary N) is 2. The number of likely N-dealkylation sites (tertiary alicyclic amines) is 1. The molecule has 2 heterocycles. The molecule has 4 rings (SSSR count). The minimum Gasteiger partial charge on any atom is -0.489 e. The first-order valence-electron chi connectivity index (χ1n) is 11.7. The van der Waals surface area contributed by atoms with Gasteiger partial charge in [0, 0.05) is 11.6 Å². The van der Waals surface area contributed by atoms with Gasteiger partial charge in [-0.05, 0) is 74.8 Å². The zero-order valence-corrected chi connectivity index (χ0v) is 19.4. The van der Waals surface area contributed by atoms with Crippen molar-refractivity contribution in [2.75, 3.05) is 18.4 Å². The van der Waals surface area contributed by atoms with E-state index in [2.05, 4.69) is 15.5 Å². The van der Waals surface area contributed by atoms with Gasteiger partial charge in [0.25, 0.3) is 0 Å². The summed E-state index contributed by atoms with van der Waals surface area (Å²) in [6.45, 7) is 4.23. The summed E-state index contributed by atoms with van der Waals surface area (Å²) in [4.78, 5) is 27.3. The lowest BCUT2D eigenvalue weighted by molar-refractivity contribution is -0.127. The predicted molar refractivity (Wildman–Crippen MR) is 130 cm³/mol. The van der Waals surface area contributed by atoms with Gasteiger partial charge in [0.05, 0.1) is 18.8 Å². The molecule has 2 N–H and O–H groups in total. The molecule has 0 spiro atoms. The molecule has 2 aromatic carbocycles. The Morgan fingerprint density at radius 1 is 1.03 bits per heavy atom. The number of piperidine rings is 1. The second-order valence-electron chi connectivity index (χ2n) is 8.57. The Morgan fingerprint density at radius 2 is 1.76 bits per heavy atom. The molecular weight excluding hydrogens is 430 g/mol. The summed E-state index contributed by atoms with van der Waals surface area (Å²) in [6, 6.07) is 20.8. The zero-order chi connectivity index (χ0) is 23.8. The minimum absolute atomic E-state index is 0.0371. The van der Waals surface area contributed by atoms with Crippen molar-refractivity contribution in [3.05, 3.63) is 84.3 Å². The first-order chi connectivity index (χ1) is 16.6. The fourth-order valence-corrected chi connectivity index (χ4v) is 4.07. The van der Waals surface area contributed by atoms with E-state index in [0.29, 0.717) is 26.2 Å². The molecule has 1 saturated heterocycles. The lowest BCUT2D eigenvalue weighted by atomic mass is 9.95. The highest BCUT2D eigenvalue weighted by molar-refractivity contribution is 5.94. The number of hydrogen-bond acceptors (Lipinski definition) is 5. The number of benzene rings is 2. The van der Waals surface area contributed by atoms with Crippen molar-refractivity contribution in [1.82, 2.24) is 10.2 Å². The summed E-state index contributed by atoms with van der Waals surface area (Å²) in [7, 11) is 0. The van der Waals surface area contributed by atoms with Crippen molar-refractivity contribution in [2.45, 2.75) is 39.0 Å². The highest BCUT2D eigenvalue weighted by Crippen LogP contribution is 2.21. The molecular formula is C27H31N3O4. The van der Waals surface area contributed by atoms with Gasteiger partial charge in [0.1, 0.15) is 18.1 Å². The Bertz CT molecular complexity index is 1040. The third-order valence-corrected chi connectivity index (χ3v) is 6.21. The van der Waals surface area contributed by atoms with E-state index >= 15 is 0 Å². The average Bonchev–Trinajstić information content (AvgIpc) is 3.41. The maximum Gasteiger partial charge on any atom is 0.241 e. The van der Waals surface area contributed by atoms with E-state index in [1.807, 2.05) is 67.6 Å². The summed E-state index contributed by atoms with van der Waals surface area (Å²) in [5, 5.41) is 5.92. The van der Waals surface area contributed by atoms with Gasteiger partial charge in [-0.25, -0.2) is 0 Å². The van der Waals surface area contributed by atoms with Crippen LogP contribution in [0.3, 0.4) is 0 Å². The molecule has 178 valence electrons. The molecule has 1 atom stereocenters. The molecule has 34 heavy (non-hydrogen) atoms. The Balaban J connectivity index is 1.19. The van der Waals surface area contributed by atoms with Crippen LogP contribution in [0.15, 0.2) is 77.4 Å². The fourth-order valence-electron chi connectivity index (χ4n) is 4.07. The summed E-state index contributed by atoms with van der Waals surface area (Å²) < 4.78 is 11.1. The zero-order valence-electron chi connectivity index (χ0n) is 19.4. The van der Waals surface area contributed by atoms with Crippen LogP contribution in [0, 0.1) is 5.92 Å². The minimum atomic E-state index is -0.277. The van der Waals surface area contributed by atoms with Crippen LogP contribution in [0.1, 0.15) is 31.1 Å². The van der Waals surface area contributed by atoms with Gasteiger partial charge < -0.3 is 19.8 Å². The van der Waals surface area contributed by atoms with Crippen LogP contribution < -0.4 is 15.4 Å².